The van der Waals surface area contributed by atoms with E-state index in [-0.39, 0.29) is 11.9 Å². The van der Waals surface area contributed by atoms with Crippen molar-refractivity contribution in [1.82, 2.24) is 4.57 Å². The average Bonchev–Trinajstić information content (AvgIpc) is 2.91. The molecule has 6 nitrogen and oxygen atoms in total. The molecule has 1 heterocycles. The van der Waals surface area contributed by atoms with Gasteiger partial charge in [0.1, 0.15) is 5.75 Å². The molecule has 0 aliphatic heterocycles. The number of azo groups is 1. The molecule has 25 heavy (non-hydrogen) atoms. The van der Waals surface area contributed by atoms with Crippen molar-refractivity contribution >= 4 is 22.5 Å². The summed E-state index contributed by atoms with van der Waals surface area (Å²) < 4.78 is 6.83. The molecule has 0 aliphatic carbocycles. The number of nitrogens with zero attached hydrogens (tertiary/aromatic N) is 3. The van der Waals surface area contributed by atoms with Gasteiger partial charge in [-0.2, -0.15) is 0 Å². The van der Waals surface area contributed by atoms with Gasteiger partial charge in [0.05, 0.1) is 12.6 Å². The molecule has 0 radical (unpaired) electrons. The summed E-state index contributed by atoms with van der Waals surface area (Å²) in [6.45, 7) is 3.94. The van der Waals surface area contributed by atoms with Crippen LogP contribution in [0.4, 0.5) is 5.69 Å². The summed E-state index contributed by atoms with van der Waals surface area (Å²) in [4.78, 5) is 12.2. The molecule has 1 N–H and O–H groups in total. The van der Waals surface area contributed by atoms with Gasteiger partial charge in [0, 0.05) is 17.0 Å². The fraction of sp³-hybridized carbons (Fsp3) is 0.211. The maximum atomic E-state index is 12.2. The minimum Gasteiger partial charge on any atom is -0.497 e. The van der Waals surface area contributed by atoms with Crippen LogP contribution in [-0.2, 0) is 0 Å². The molecule has 0 spiro atoms. The number of hydrogen-bond acceptors (Lipinski definition) is 4. The highest BCUT2D eigenvalue weighted by atomic mass is 16.5. The summed E-state index contributed by atoms with van der Waals surface area (Å²) in [6.07, 6.45) is 0. The normalized spacial score (nSPS) is 11.5. The number of fused-ring (bicyclic) bond motifs is 1. The van der Waals surface area contributed by atoms with E-state index in [0.717, 1.165) is 10.9 Å². The second-order valence-corrected chi connectivity index (χ2v) is 5.89. The lowest BCUT2D eigenvalue weighted by molar-refractivity contribution is 0.0995. The molecule has 0 saturated carbocycles. The first kappa shape index (κ1) is 16.7. The van der Waals surface area contributed by atoms with Crippen LogP contribution in [0.3, 0.4) is 0 Å². The van der Waals surface area contributed by atoms with Gasteiger partial charge in [0.15, 0.2) is 5.69 Å². The number of ether oxygens (including phenoxy) is 1. The molecule has 3 rings (SSSR count). The number of aromatic hydroxyl groups is 1. The number of hydrogen-bond donors (Lipinski definition) is 1. The molecular formula is C19H19N3O3. The standard InChI is InChI=1S/C19H19N3O3/c1-12(2)22-16-7-5-4-6-15(16)17(19(22)24)20-21-18(23)13-8-10-14(25-3)11-9-13/h4-12,24H,1-3H3. The second-order valence-electron chi connectivity index (χ2n) is 5.89. The van der Waals surface area contributed by atoms with E-state index in [2.05, 4.69) is 10.2 Å². The number of benzene rings is 2. The molecule has 1 aromatic heterocycles. The molecule has 0 atom stereocenters. The van der Waals surface area contributed by atoms with Gasteiger partial charge in [-0.15, -0.1) is 10.2 Å². The molecule has 0 fully saturated rings. The lowest BCUT2D eigenvalue weighted by Crippen LogP contribution is -1.98. The van der Waals surface area contributed by atoms with Crippen molar-refractivity contribution in [2.45, 2.75) is 19.9 Å². The van der Waals surface area contributed by atoms with Crippen molar-refractivity contribution in [3.05, 3.63) is 54.1 Å². The van der Waals surface area contributed by atoms with Crippen molar-refractivity contribution in [3.63, 3.8) is 0 Å². The van der Waals surface area contributed by atoms with E-state index in [9.17, 15) is 9.90 Å². The highest BCUT2D eigenvalue weighted by molar-refractivity contribution is 5.97. The summed E-state index contributed by atoms with van der Waals surface area (Å²) in [5.74, 6) is 0.178. The Bertz CT molecular complexity index is 940. The van der Waals surface area contributed by atoms with Crippen LogP contribution in [0, 0.1) is 0 Å². The number of para-hydroxylation sites is 1. The van der Waals surface area contributed by atoms with Gasteiger partial charge in [-0.25, -0.2) is 0 Å². The molecule has 0 unspecified atom stereocenters. The van der Waals surface area contributed by atoms with Gasteiger partial charge < -0.3 is 14.4 Å². The van der Waals surface area contributed by atoms with Gasteiger partial charge in [0.25, 0.3) is 5.91 Å². The Kier molecular flexibility index (Phi) is 4.52. The van der Waals surface area contributed by atoms with E-state index in [1.807, 2.05) is 38.1 Å². The Morgan fingerprint density at radius 2 is 1.80 bits per heavy atom. The Morgan fingerprint density at radius 3 is 2.44 bits per heavy atom. The maximum Gasteiger partial charge on any atom is 0.295 e. The number of amides is 1. The van der Waals surface area contributed by atoms with Crippen LogP contribution in [-0.4, -0.2) is 22.7 Å². The first-order chi connectivity index (χ1) is 12.0. The molecule has 0 saturated heterocycles. The van der Waals surface area contributed by atoms with E-state index in [1.165, 1.54) is 0 Å². The number of aromatic nitrogens is 1. The van der Waals surface area contributed by atoms with Gasteiger partial charge in [-0.05, 0) is 44.2 Å². The Labute approximate surface area is 145 Å². The predicted octanol–water partition coefficient (Wildman–Crippen LogP) is 4.86. The fourth-order valence-electron chi connectivity index (χ4n) is 2.74. The molecule has 6 heteroatoms. The Morgan fingerprint density at radius 1 is 1.12 bits per heavy atom. The Hall–Kier alpha value is -3.15. The van der Waals surface area contributed by atoms with Crippen LogP contribution >= 0.6 is 0 Å². The molecule has 0 aliphatic rings. The van der Waals surface area contributed by atoms with Gasteiger partial charge in [-0.1, -0.05) is 18.2 Å². The Balaban J connectivity index is 1.98. The van der Waals surface area contributed by atoms with Gasteiger partial charge >= 0.3 is 0 Å². The van der Waals surface area contributed by atoms with E-state index >= 15 is 0 Å². The van der Waals surface area contributed by atoms with Crippen molar-refractivity contribution in [2.24, 2.45) is 10.2 Å². The number of rotatable bonds is 4. The zero-order valence-corrected chi connectivity index (χ0v) is 14.3. The lowest BCUT2D eigenvalue weighted by atomic mass is 10.2. The molecule has 0 bridgehead atoms. The predicted molar refractivity (Wildman–Crippen MR) is 95.8 cm³/mol. The summed E-state index contributed by atoms with van der Waals surface area (Å²) >= 11 is 0. The van der Waals surface area contributed by atoms with Crippen molar-refractivity contribution in [2.75, 3.05) is 7.11 Å². The number of carbonyl (C=O) groups is 1. The minimum atomic E-state index is -0.483. The second kappa shape index (κ2) is 6.76. The monoisotopic (exact) mass is 337 g/mol. The van der Waals surface area contributed by atoms with Gasteiger partial charge in [-0.3, -0.25) is 4.79 Å². The maximum absolute atomic E-state index is 12.2. The van der Waals surface area contributed by atoms with Crippen molar-refractivity contribution in [1.29, 1.82) is 0 Å². The topological polar surface area (TPSA) is 76.2 Å². The summed E-state index contributed by atoms with van der Waals surface area (Å²) in [5, 5.41) is 19.1. The summed E-state index contributed by atoms with van der Waals surface area (Å²) in [5.41, 5.74) is 1.55. The first-order valence-corrected chi connectivity index (χ1v) is 7.95. The van der Waals surface area contributed by atoms with E-state index in [4.69, 9.17) is 4.74 Å². The van der Waals surface area contributed by atoms with Crippen LogP contribution in [0.15, 0.2) is 58.8 Å². The van der Waals surface area contributed by atoms with Crippen molar-refractivity contribution < 1.29 is 14.6 Å². The zero-order chi connectivity index (χ0) is 18.0. The quantitative estimate of drug-likeness (QED) is 0.691. The number of carbonyl (C=O) groups excluding carboxylic acids is 1. The zero-order valence-electron chi connectivity index (χ0n) is 14.3. The molecular weight excluding hydrogens is 318 g/mol. The SMILES string of the molecule is COc1ccc(C(=O)N=Nc2c(O)n(C(C)C)c3ccccc23)cc1. The summed E-state index contributed by atoms with van der Waals surface area (Å²) in [6, 6.07) is 14.2. The van der Waals surface area contributed by atoms with E-state index < -0.39 is 5.91 Å². The smallest absolute Gasteiger partial charge is 0.295 e. The molecule has 1 amide bonds. The molecule has 3 aromatic rings. The van der Waals surface area contributed by atoms with Crippen LogP contribution in [0.1, 0.15) is 30.2 Å². The van der Waals surface area contributed by atoms with Crippen LogP contribution < -0.4 is 4.74 Å². The number of methoxy groups -OCH3 is 1. The third-order valence-corrected chi connectivity index (χ3v) is 3.95. The highest BCUT2D eigenvalue weighted by Gasteiger charge is 2.18. The average molecular weight is 337 g/mol. The van der Waals surface area contributed by atoms with Crippen molar-refractivity contribution in [3.8, 4) is 11.6 Å². The third-order valence-electron chi connectivity index (χ3n) is 3.95. The largest absolute Gasteiger partial charge is 0.497 e. The van der Waals surface area contributed by atoms with Crippen LogP contribution in [0.5, 0.6) is 11.6 Å². The van der Waals surface area contributed by atoms with E-state index in [1.54, 1.807) is 35.9 Å². The van der Waals surface area contributed by atoms with Crippen LogP contribution in [0.2, 0.25) is 0 Å². The molecule has 128 valence electrons. The third kappa shape index (κ3) is 3.10. The molecule has 2 aromatic carbocycles. The van der Waals surface area contributed by atoms with Crippen LogP contribution in [0.25, 0.3) is 10.9 Å². The minimum absolute atomic E-state index is 0.00230. The van der Waals surface area contributed by atoms with E-state index in [0.29, 0.717) is 17.0 Å². The summed E-state index contributed by atoms with van der Waals surface area (Å²) in [7, 11) is 1.56. The first-order valence-electron chi connectivity index (χ1n) is 7.95. The van der Waals surface area contributed by atoms with Gasteiger partial charge in [0.2, 0.25) is 5.88 Å². The highest BCUT2D eigenvalue weighted by Crippen LogP contribution is 2.40. The fourth-order valence-corrected chi connectivity index (χ4v) is 2.74. The lowest BCUT2D eigenvalue weighted by Gasteiger charge is -2.10.